The number of hydrogen-bond acceptors (Lipinski definition) is 5. The number of fused-ring (bicyclic) bond motifs is 1. The quantitative estimate of drug-likeness (QED) is 0.764. The minimum absolute atomic E-state index is 0.475. The van der Waals surface area contributed by atoms with Crippen molar-refractivity contribution >= 4 is 10.9 Å². The van der Waals surface area contributed by atoms with Crippen LogP contribution in [0.5, 0.6) is 0 Å². The Kier molecular flexibility index (Phi) is 3.00. The number of benzene rings is 1. The minimum Gasteiger partial charge on any atom is -0.332 e. The van der Waals surface area contributed by atoms with E-state index in [2.05, 4.69) is 20.6 Å². The van der Waals surface area contributed by atoms with Gasteiger partial charge in [-0.3, -0.25) is 4.68 Å². The smallest absolute Gasteiger partial charge is 0.279 e. The maximum atomic E-state index is 5.30. The molecule has 0 saturated carbocycles. The van der Waals surface area contributed by atoms with E-state index in [-0.39, 0.29) is 0 Å². The van der Waals surface area contributed by atoms with Gasteiger partial charge >= 0.3 is 0 Å². The maximum Gasteiger partial charge on any atom is 0.279 e. The lowest BCUT2D eigenvalue weighted by atomic mass is 10.2. The number of likely N-dealkylation sites (N-methyl/N-ethyl adjacent to an activating group) is 1. The van der Waals surface area contributed by atoms with Gasteiger partial charge in [-0.2, -0.15) is 10.1 Å². The number of hydrogen-bond donors (Lipinski definition) is 1. The van der Waals surface area contributed by atoms with Crippen LogP contribution in [0.4, 0.5) is 0 Å². The van der Waals surface area contributed by atoms with Crippen LogP contribution < -0.4 is 5.32 Å². The van der Waals surface area contributed by atoms with Gasteiger partial charge in [-0.05, 0) is 13.1 Å². The molecule has 0 fully saturated rings. The zero-order valence-corrected chi connectivity index (χ0v) is 10.9. The Balaban J connectivity index is 2.02. The molecule has 6 nitrogen and oxygen atoms in total. The van der Waals surface area contributed by atoms with Crippen molar-refractivity contribution in [1.82, 2.24) is 25.2 Å². The molecule has 2 heterocycles. The summed E-state index contributed by atoms with van der Waals surface area (Å²) < 4.78 is 7.13. The zero-order valence-electron chi connectivity index (χ0n) is 10.9. The van der Waals surface area contributed by atoms with Crippen LogP contribution >= 0.6 is 0 Å². The largest absolute Gasteiger partial charge is 0.332 e. The topological polar surface area (TPSA) is 68.8 Å². The first kappa shape index (κ1) is 11.9. The normalized spacial score (nSPS) is 11.3. The second kappa shape index (κ2) is 4.81. The van der Waals surface area contributed by atoms with Crippen LogP contribution in [-0.2, 0) is 13.5 Å². The lowest BCUT2D eigenvalue weighted by molar-refractivity contribution is 0.420. The maximum absolute atomic E-state index is 5.30. The molecule has 2 aromatic heterocycles. The van der Waals surface area contributed by atoms with Crippen LogP contribution in [0.2, 0.25) is 0 Å². The van der Waals surface area contributed by atoms with Gasteiger partial charge in [0.25, 0.3) is 5.89 Å². The highest BCUT2D eigenvalue weighted by Gasteiger charge is 2.16. The summed E-state index contributed by atoms with van der Waals surface area (Å²) in [6.07, 6.45) is 0.741. The van der Waals surface area contributed by atoms with Crippen LogP contribution in [-0.4, -0.2) is 33.5 Å². The Bertz CT molecular complexity index is 700. The second-order valence-electron chi connectivity index (χ2n) is 4.36. The van der Waals surface area contributed by atoms with Gasteiger partial charge in [0, 0.05) is 25.4 Å². The molecule has 0 saturated heterocycles. The molecule has 0 amide bonds. The first-order valence-corrected chi connectivity index (χ1v) is 6.19. The minimum atomic E-state index is 0.475. The van der Waals surface area contributed by atoms with Crippen LogP contribution in [0.25, 0.3) is 22.5 Å². The number of aryl methyl sites for hydroxylation is 1. The molecule has 0 unspecified atom stereocenters. The number of nitrogens with zero attached hydrogens (tertiary/aromatic N) is 4. The third-order valence-electron chi connectivity index (χ3n) is 3.03. The molecule has 0 aliphatic rings. The molecule has 0 radical (unpaired) electrons. The fraction of sp³-hybridized carbons (Fsp3) is 0.308. The molecule has 19 heavy (non-hydrogen) atoms. The van der Waals surface area contributed by atoms with Gasteiger partial charge in [0.05, 0.1) is 5.52 Å². The Morgan fingerprint density at radius 1 is 1.32 bits per heavy atom. The molecule has 6 heteroatoms. The van der Waals surface area contributed by atoms with Crippen molar-refractivity contribution in [3.63, 3.8) is 0 Å². The van der Waals surface area contributed by atoms with Gasteiger partial charge in [-0.1, -0.05) is 23.4 Å². The molecule has 0 spiro atoms. The average Bonchev–Trinajstić information content (AvgIpc) is 3.02. The van der Waals surface area contributed by atoms with Gasteiger partial charge in [0.1, 0.15) is 0 Å². The van der Waals surface area contributed by atoms with Crippen molar-refractivity contribution in [2.24, 2.45) is 7.05 Å². The standard InChI is InChI=1S/C13H15N5O/c1-14-8-7-11-15-13(19-17-11)12-9-5-3-4-6-10(9)18(2)16-12/h3-6,14H,7-8H2,1-2H3. The lowest BCUT2D eigenvalue weighted by Gasteiger charge is -1.91. The van der Waals surface area contributed by atoms with E-state index in [9.17, 15) is 0 Å². The van der Waals surface area contributed by atoms with Crippen molar-refractivity contribution in [3.8, 4) is 11.6 Å². The number of para-hydroxylation sites is 1. The Labute approximate surface area is 110 Å². The van der Waals surface area contributed by atoms with Crippen molar-refractivity contribution in [2.75, 3.05) is 13.6 Å². The van der Waals surface area contributed by atoms with Gasteiger partial charge in [0.2, 0.25) is 0 Å². The SMILES string of the molecule is CNCCc1noc(-c2nn(C)c3ccccc23)n1. The number of aromatic nitrogens is 4. The summed E-state index contributed by atoms with van der Waals surface area (Å²) in [6.45, 7) is 0.821. The summed E-state index contributed by atoms with van der Waals surface area (Å²) in [4.78, 5) is 4.39. The van der Waals surface area contributed by atoms with E-state index in [0.717, 1.165) is 29.6 Å². The Hall–Kier alpha value is -2.21. The fourth-order valence-corrected chi connectivity index (χ4v) is 2.06. The fourth-order valence-electron chi connectivity index (χ4n) is 2.06. The summed E-state index contributed by atoms with van der Waals surface area (Å²) in [5.74, 6) is 1.17. The first-order chi connectivity index (χ1) is 9.29. The highest BCUT2D eigenvalue weighted by atomic mass is 16.5. The van der Waals surface area contributed by atoms with Crippen molar-refractivity contribution in [3.05, 3.63) is 30.1 Å². The van der Waals surface area contributed by atoms with E-state index < -0.39 is 0 Å². The molecule has 0 aliphatic carbocycles. The van der Waals surface area contributed by atoms with E-state index >= 15 is 0 Å². The molecular weight excluding hydrogens is 242 g/mol. The highest BCUT2D eigenvalue weighted by molar-refractivity contribution is 5.91. The van der Waals surface area contributed by atoms with Crippen LogP contribution in [0.1, 0.15) is 5.82 Å². The van der Waals surface area contributed by atoms with Crippen LogP contribution in [0, 0.1) is 0 Å². The van der Waals surface area contributed by atoms with Gasteiger partial charge in [-0.15, -0.1) is 0 Å². The average molecular weight is 257 g/mol. The molecule has 1 aromatic carbocycles. The molecule has 0 atom stereocenters. The van der Waals surface area contributed by atoms with Crippen LogP contribution in [0.3, 0.4) is 0 Å². The van der Waals surface area contributed by atoms with E-state index in [1.54, 1.807) is 0 Å². The third kappa shape index (κ3) is 2.10. The molecule has 0 aliphatic heterocycles. The number of rotatable bonds is 4. The van der Waals surface area contributed by atoms with E-state index in [0.29, 0.717) is 11.7 Å². The third-order valence-corrected chi connectivity index (χ3v) is 3.03. The molecule has 98 valence electrons. The van der Waals surface area contributed by atoms with Crippen molar-refractivity contribution in [2.45, 2.75) is 6.42 Å². The zero-order chi connectivity index (χ0) is 13.2. The summed E-state index contributed by atoms with van der Waals surface area (Å²) in [6, 6.07) is 7.99. The molecule has 0 bridgehead atoms. The van der Waals surface area contributed by atoms with Crippen molar-refractivity contribution < 1.29 is 4.52 Å². The monoisotopic (exact) mass is 257 g/mol. The predicted molar refractivity (Wildman–Crippen MR) is 71.6 cm³/mol. The molecular formula is C13H15N5O. The summed E-state index contributed by atoms with van der Waals surface area (Å²) >= 11 is 0. The van der Waals surface area contributed by atoms with Gasteiger partial charge in [-0.25, -0.2) is 0 Å². The van der Waals surface area contributed by atoms with E-state index in [1.807, 2.05) is 43.0 Å². The molecule has 3 aromatic rings. The second-order valence-corrected chi connectivity index (χ2v) is 4.36. The van der Waals surface area contributed by atoms with E-state index in [4.69, 9.17) is 4.52 Å². The Morgan fingerprint density at radius 2 is 2.16 bits per heavy atom. The summed E-state index contributed by atoms with van der Waals surface area (Å²) in [5.41, 5.74) is 1.79. The molecule has 3 rings (SSSR count). The van der Waals surface area contributed by atoms with Gasteiger partial charge < -0.3 is 9.84 Å². The lowest BCUT2D eigenvalue weighted by Crippen LogP contribution is -2.11. The predicted octanol–water partition coefficient (Wildman–Crippen LogP) is 1.39. The van der Waals surface area contributed by atoms with E-state index in [1.165, 1.54) is 0 Å². The van der Waals surface area contributed by atoms with Crippen LogP contribution in [0.15, 0.2) is 28.8 Å². The summed E-state index contributed by atoms with van der Waals surface area (Å²) in [7, 11) is 3.80. The first-order valence-electron chi connectivity index (χ1n) is 6.19. The summed E-state index contributed by atoms with van der Waals surface area (Å²) in [5, 5.41) is 12.5. The van der Waals surface area contributed by atoms with Gasteiger partial charge in [0.15, 0.2) is 11.5 Å². The number of nitrogens with one attached hydrogen (secondary N) is 1. The highest BCUT2D eigenvalue weighted by Crippen LogP contribution is 2.25. The van der Waals surface area contributed by atoms with Crippen molar-refractivity contribution in [1.29, 1.82) is 0 Å². The molecule has 1 N–H and O–H groups in total. The Morgan fingerprint density at radius 3 is 3.00 bits per heavy atom.